The van der Waals surface area contributed by atoms with Gasteiger partial charge in [-0.3, -0.25) is 14.6 Å². The first-order chi connectivity index (χ1) is 14.8. The molecule has 0 N–H and O–H groups in total. The molecule has 2 heterocycles. The van der Waals surface area contributed by atoms with Gasteiger partial charge in [-0.25, -0.2) is 4.79 Å². The van der Waals surface area contributed by atoms with Crippen LogP contribution < -0.4 is 5.43 Å². The zero-order chi connectivity index (χ0) is 24.0. The Bertz CT molecular complexity index is 1220. The van der Waals surface area contributed by atoms with Crippen molar-refractivity contribution < 1.29 is 31.9 Å². The molecule has 1 aromatic carbocycles. The van der Waals surface area contributed by atoms with E-state index >= 15 is 0 Å². The summed E-state index contributed by atoms with van der Waals surface area (Å²) < 4.78 is 49.6. The predicted molar refractivity (Wildman–Crippen MR) is 112 cm³/mol. The highest BCUT2D eigenvalue weighted by molar-refractivity contribution is 6.09. The molecule has 0 radical (unpaired) electrons. The molecule has 1 aliphatic rings. The third-order valence-corrected chi connectivity index (χ3v) is 5.47. The molecule has 1 aliphatic heterocycles. The minimum absolute atomic E-state index is 0.136. The van der Waals surface area contributed by atoms with Crippen LogP contribution in [0, 0.1) is 12.8 Å². The van der Waals surface area contributed by atoms with Crippen molar-refractivity contribution in [1.29, 1.82) is 0 Å². The van der Waals surface area contributed by atoms with Crippen LogP contribution in [-0.2, 0) is 14.3 Å². The number of rotatable bonds is 4. The van der Waals surface area contributed by atoms with Gasteiger partial charge in [0.05, 0.1) is 16.9 Å². The Hall–Kier alpha value is -3.23. The molecule has 0 bridgehead atoms. The molecule has 0 aliphatic carbocycles. The van der Waals surface area contributed by atoms with Crippen LogP contribution >= 0.6 is 0 Å². The van der Waals surface area contributed by atoms with Gasteiger partial charge < -0.3 is 9.15 Å². The van der Waals surface area contributed by atoms with Crippen LogP contribution in [0.4, 0.5) is 13.2 Å². The van der Waals surface area contributed by atoms with Gasteiger partial charge >= 0.3 is 12.1 Å². The molecule has 0 fully saturated rings. The lowest BCUT2D eigenvalue weighted by Gasteiger charge is -2.32. The molecule has 3 rings (SSSR count). The van der Waals surface area contributed by atoms with E-state index < -0.39 is 30.1 Å². The smallest absolute Gasteiger partial charge is 0.425 e. The lowest BCUT2D eigenvalue weighted by Crippen LogP contribution is -2.37. The van der Waals surface area contributed by atoms with Gasteiger partial charge in [0.2, 0.25) is 0 Å². The number of benzene rings is 1. The number of allylic oxidation sites excluding steroid dienone is 1. The Balaban J connectivity index is 2.27. The van der Waals surface area contributed by atoms with Crippen LogP contribution in [0.2, 0.25) is 0 Å². The van der Waals surface area contributed by atoms with Gasteiger partial charge in [0.25, 0.3) is 0 Å². The van der Waals surface area contributed by atoms with Crippen molar-refractivity contribution in [3.63, 3.8) is 0 Å². The predicted octanol–water partition coefficient (Wildman–Crippen LogP) is 4.63. The number of fused-ring (bicyclic) bond motifs is 1. The number of alkyl halides is 3. The van der Waals surface area contributed by atoms with Crippen LogP contribution in [0.5, 0.6) is 0 Å². The van der Waals surface area contributed by atoms with Gasteiger partial charge in [-0.15, -0.1) is 0 Å². The molecule has 3 atom stereocenters. The van der Waals surface area contributed by atoms with E-state index in [0.717, 1.165) is 6.92 Å². The molecule has 0 spiro atoms. The number of hydrogen-bond donors (Lipinski definition) is 0. The van der Waals surface area contributed by atoms with E-state index in [4.69, 9.17) is 9.15 Å². The maximum absolute atomic E-state index is 13.0. The quantitative estimate of drug-likeness (QED) is 0.635. The molecule has 2 aromatic rings. The number of ether oxygens (including phenoxy) is 1. The topological polar surface area (TPSA) is 85.9 Å². The maximum atomic E-state index is 13.0. The summed E-state index contributed by atoms with van der Waals surface area (Å²) in [7, 11) is 0. The lowest BCUT2D eigenvalue weighted by atomic mass is 9.73. The first-order valence-electron chi connectivity index (χ1n) is 9.90. The summed E-state index contributed by atoms with van der Waals surface area (Å²) in [6, 6.07) is 6.00. The fourth-order valence-corrected chi connectivity index (χ4v) is 4.02. The first kappa shape index (κ1) is 23.4. The monoisotopic (exact) mass is 449 g/mol. The zero-order valence-electron chi connectivity index (χ0n) is 18.2. The van der Waals surface area contributed by atoms with E-state index in [-0.39, 0.29) is 33.5 Å². The summed E-state index contributed by atoms with van der Waals surface area (Å²) in [4.78, 5) is 42.3. The van der Waals surface area contributed by atoms with Crippen molar-refractivity contribution >= 4 is 28.4 Å². The molecular formula is C23H22F3NO5. The minimum Gasteiger partial charge on any atom is -0.461 e. The van der Waals surface area contributed by atoms with Crippen LogP contribution in [0.15, 0.2) is 49.7 Å². The van der Waals surface area contributed by atoms with Crippen molar-refractivity contribution in [2.45, 2.75) is 52.8 Å². The summed E-state index contributed by atoms with van der Waals surface area (Å²) >= 11 is 0. The number of nitrogens with zero attached hydrogens (tertiary/aromatic N) is 1. The Morgan fingerprint density at radius 1 is 1.19 bits per heavy atom. The molecule has 9 heteroatoms. The van der Waals surface area contributed by atoms with Crippen LogP contribution in [0.1, 0.15) is 44.9 Å². The van der Waals surface area contributed by atoms with E-state index in [1.54, 1.807) is 26.0 Å². The normalized spacial score (nSPS) is 20.2. The number of carbonyl (C=O) groups is 2. The maximum Gasteiger partial charge on any atom is 0.425 e. The number of ketones is 1. The second kappa shape index (κ2) is 8.37. The van der Waals surface area contributed by atoms with Gasteiger partial charge in [0.15, 0.2) is 11.5 Å². The Labute approximate surface area is 181 Å². The van der Waals surface area contributed by atoms with E-state index in [1.165, 1.54) is 26.0 Å². The average molecular weight is 449 g/mol. The number of esters is 1. The highest BCUT2D eigenvalue weighted by Crippen LogP contribution is 2.42. The largest absolute Gasteiger partial charge is 0.461 e. The second-order valence-electron chi connectivity index (χ2n) is 7.85. The van der Waals surface area contributed by atoms with E-state index in [0.29, 0.717) is 17.0 Å². The second-order valence-corrected chi connectivity index (χ2v) is 7.85. The fraction of sp³-hybridized carbons (Fsp3) is 0.391. The molecular weight excluding hydrogens is 427 g/mol. The van der Waals surface area contributed by atoms with Crippen molar-refractivity contribution in [2.24, 2.45) is 10.9 Å². The summed E-state index contributed by atoms with van der Waals surface area (Å²) in [5, 5.41) is 0.226. The SMILES string of the molecule is CC(=O)C1C(C)=NC(C)=C(C(=O)OC(C)C(F)(F)F)C1c1cccc2c(=O)cc(C)oc12. The fourth-order valence-electron chi connectivity index (χ4n) is 4.02. The summed E-state index contributed by atoms with van der Waals surface area (Å²) in [5.74, 6) is -3.24. The Morgan fingerprint density at radius 2 is 1.84 bits per heavy atom. The first-order valence-corrected chi connectivity index (χ1v) is 9.90. The number of para-hydroxylation sites is 1. The van der Waals surface area contributed by atoms with Crippen LogP contribution in [0.25, 0.3) is 11.0 Å². The van der Waals surface area contributed by atoms with Gasteiger partial charge in [0.1, 0.15) is 17.1 Å². The highest BCUT2D eigenvalue weighted by atomic mass is 19.4. The van der Waals surface area contributed by atoms with E-state index in [9.17, 15) is 27.6 Å². The molecule has 0 saturated carbocycles. The molecule has 1 aromatic heterocycles. The van der Waals surface area contributed by atoms with E-state index in [1.807, 2.05) is 0 Å². The zero-order valence-corrected chi connectivity index (χ0v) is 18.2. The highest BCUT2D eigenvalue weighted by Gasteiger charge is 2.44. The van der Waals surface area contributed by atoms with Crippen molar-refractivity contribution in [3.05, 3.63) is 57.1 Å². The van der Waals surface area contributed by atoms with Gasteiger partial charge in [-0.05, 0) is 40.7 Å². The van der Waals surface area contributed by atoms with Crippen LogP contribution in [0.3, 0.4) is 0 Å². The van der Waals surface area contributed by atoms with Gasteiger partial charge in [-0.1, -0.05) is 12.1 Å². The number of halogens is 3. The number of aryl methyl sites for hydroxylation is 1. The molecule has 3 unspecified atom stereocenters. The Kier molecular flexibility index (Phi) is 6.13. The number of aliphatic imine (C=N–C) groups is 1. The summed E-state index contributed by atoms with van der Waals surface area (Å²) in [5.41, 5.74) is 0.517. The summed E-state index contributed by atoms with van der Waals surface area (Å²) in [6.45, 7) is 6.69. The molecule has 0 amide bonds. The van der Waals surface area contributed by atoms with Crippen LogP contribution in [-0.4, -0.2) is 29.7 Å². The van der Waals surface area contributed by atoms with Crippen molar-refractivity contribution in [1.82, 2.24) is 0 Å². The Morgan fingerprint density at radius 3 is 2.44 bits per heavy atom. The molecule has 0 saturated heterocycles. The number of Topliss-reactive ketones (excluding diaryl/α,β-unsaturated/α-hetero) is 1. The van der Waals surface area contributed by atoms with Gasteiger partial charge in [-0.2, -0.15) is 13.2 Å². The molecule has 6 nitrogen and oxygen atoms in total. The third kappa shape index (κ3) is 4.24. The lowest BCUT2D eigenvalue weighted by molar-refractivity contribution is -0.214. The van der Waals surface area contributed by atoms with Gasteiger partial charge in [0, 0.05) is 29.0 Å². The number of carbonyl (C=O) groups excluding carboxylic acids is 2. The third-order valence-electron chi connectivity index (χ3n) is 5.47. The van der Waals surface area contributed by atoms with E-state index in [2.05, 4.69) is 4.99 Å². The van der Waals surface area contributed by atoms with Crippen molar-refractivity contribution in [2.75, 3.05) is 0 Å². The number of hydrogen-bond acceptors (Lipinski definition) is 6. The molecule has 170 valence electrons. The summed E-state index contributed by atoms with van der Waals surface area (Å²) in [6.07, 6.45) is -7.11. The average Bonchev–Trinajstić information content (AvgIpc) is 2.65. The minimum atomic E-state index is -4.75. The molecule has 32 heavy (non-hydrogen) atoms. The standard InChI is InChI=1S/C23H22F3NO5/c1-10-9-17(29)15-7-6-8-16(21(15)31-10)20-18(13(4)28)11(2)27-12(3)19(20)22(30)32-14(5)23(24,25)26/h6-9,14,18,20H,1-5H3. The van der Waals surface area contributed by atoms with Crippen molar-refractivity contribution in [3.8, 4) is 0 Å².